The molecule has 1 aliphatic rings. The summed E-state index contributed by atoms with van der Waals surface area (Å²) in [5.41, 5.74) is 6.65. The first-order valence-electron chi connectivity index (χ1n) is 25.5. The molecule has 0 saturated heterocycles. The van der Waals surface area contributed by atoms with Crippen LogP contribution in [0.15, 0.2) is 60.7 Å². The van der Waals surface area contributed by atoms with Gasteiger partial charge in [-0.2, -0.15) is 0 Å². The van der Waals surface area contributed by atoms with Crippen molar-refractivity contribution >= 4 is 0 Å². The number of fused-ring (bicyclic) bond motifs is 2. The maximum atomic E-state index is 6.67. The number of ether oxygens (including phenoxy) is 3. The first kappa shape index (κ1) is 48.7. The molecule has 3 nitrogen and oxygen atoms in total. The lowest BCUT2D eigenvalue weighted by atomic mass is 9.74. The molecule has 59 heavy (non-hydrogen) atoms. The van der Waals surface area contributed by atoms with Crippen molar-refractivity contribution in [3.63, 3.8) is 0 Å². The minimum atomic E-state index is 0.108. The molecule has 0 saturated carbocycles. The zero-order chi connectivity index (χ0) is 41.4. The summed E-state index contributed by atoms with van der Waals surface area (Å²) in [6.07, 6.45) is 40.9. The maximum absolute atomic E-state index is 6.67. The zero-order valence-corrected chi connectivity index (χ0v) is 38.6. The van der Waals surface area contributed by atoms with Crippen molar-refractivity contribution in [3.05, 3.63) is 88.5 Å². The van der Waals surface area contributed by atoms with Crippen molar-refractivity contribution in [1.82, 2.24) is 0 Å². The van der Waals surface area contributed by atoms with E-state index in [-0.39, 0.29) is 5.92 Å². The standard InChI is InChI=1S/C56H88O3/c1-4-7-10-13-16-19-22-25-28-31-43-57-49-38-34-37-48(46-49)56-50-39-35-41-54(58-44-32-29-26-23-20-17-14-11-8-5-2)52(50)47-53-51(56)40-36-42-55(53)59-45-33-30-27-24-21-18-15-12-9-6-3/h34-42,46,56H,4-33,43-45,47H2,1-3H3. The number of benzene rings is 3. The van der Waals surface area contributed by atoms with Crippen molar-refractivity contribution in [2.24, 2.45) is 0 Å². The highest BCUT2D eigenvalue weighted by atomic mass is 16.5. The van der Waals surface area contributed by atoms with Crippen LogP contribution >= 0.6 is 0 Å². The molecule has 3 aromatic rings. The van der Waals surface area contributed by atoms with Gasteiger partial charge in [-0.3, -0.25) is 0 Å². The molecule has 0 aromatic heterocycles. The van der Waals surface area contributed by atoms with E-state index in [0.717, 1.165) is 62.8 Å². The summed E-state index contributed by atoms with van der Waals surface area (Å²) in [4.78, 5) is 0. The van der Waals surface area contributed by atoms with Crippen LogP contribution < -0.4 is 14.2 Å². The second kappa shape index (κ2) is 31.9. The molecule has 0 spiro atoms. The Morgan fingerprint density at radius 1 is 0.373 bits per heavy atom. The summed E-state index contributed by atoms with van der Waals surface area (Å²) in [6.45, 7) is 9.23. The van der Waals surface area contributed by atoms with Crippen molar-refractivity contribution in [1.29, 1.82) is 0 Å². The van der Waals surface area contributed by atoms with Gasteiger partial charge in [0.05, 0.1) is 19.8 Å². The number of rotatable bonds is 37. The molecule has 1 aliphatic carbocycles. The Labute approximate surface area is 364 Å². The Morgan fingerprint density at radius 2 is 0.712 bits per heavy atom. The van der Waals surface area contributed by atoms with Gasteiger partial charge < -0.3 is 14.2 Å². The van der Waals surface area contributed by atoms with Gasteiger partial charge in [-0.15, -0.1) is 0 Å². The summed E-state index contributed by atoms with van der Waals surface area (Å²) in [6, 6.07) is 22.4. The highest BCUT2D eigenvalue weighted by molar-refractivity contribution is 5.61. The molecule has 0 amide bonds. The van der Waals surface area contributed by atoms with Crippen LogP contribution in [-0.2, 0) is 6.42 Å². The van der Waals surface area contributed by atoms with E-state index in [1.54, 1.807) is 0 Å². The van der Waals surface area contributed by atoms with Crippen LogP contribution in [0.4, 0.5) is 0 Å². The highest BCUT2D eigenvalue weighted by Crippen LogP contribution is 2.47. The van der Waals surface area contributed by atoms with Gasteiger partial charge in [-0.1, -0.05) is 231 Å². The normalized spacial score (nSPS) is 12.4. The fourth-order valence-corrected chi connectivity index (χ4v) is 9.17. The van der Waals surface area contributed by atoms with E-state index < -0.39 is 0 Å². The van der Waals surface area contributed by atoms with E-state index in [4.69, 9.17) is 14.2 Å². The van der Waals surface area contributed by atoms with Crippen LogP contribution in [0.1, 0.15) is 247 Å². The second-order valence-electron chi connectivity index (χ2n) is 17.9. The smallest absolute Gasteiger partial charge is 0.123 e. The lowest BCUT2D eigenvalue weighted by molar-refractivity contribution is 0.297. The molecule has 0 fully saturated rings. The van der Waals surface area contributed by atoms with E-state index in [1.807, 2.05) is 0 Å². The van der Waals surface area contributed by atoms with E-state index in [1.165, 1.54) is 201 Å². The lowest BCUT2D eigenvalue weighted by Gasteiger charge is -2.31. The van der Waals surface area contributed by atoms with Crippen LogP contribution in [0.2, 0.25) is 0 Å². The van der Waals surface area contributed by atoms with E-state index >= 15 is 0 Å². The summed E-state index contributed by atoms with van der Waals surface area (Å²) in [5, 5.41) is 0. The number of unbranched alkanes of at least 4 members (excludes halogenated alkanes) is 27. The Hall–Kier alpha value is -2.94. The molecule has 0 aliphatic heterocycles. The van der Waals surface area contributed by atoms with Gasteiger partial charge in [0.25, 0.3) is 0 Å². The third-order valence-electron chi connectivity index (χ3n) is 12.8. The maximum Gasteiger partial charge on any atom is 0.123 e. The quantitative estimate of drug-likeness (QED) is 0.0425. The Bertz CT molecular complexity index is 1400. The second-order valence-corrected chi connectivity index (χ2v) is 17.9. The molecule has 0 unspecified atom stereocenters. The van der Waals surface area contributed by atoms with Crippen LogP contribution in [0, 0.1) is 0 Å². The average molecular weight is 809 g/mol. The third kappa shape index (κ3) is 19.1. The molecule has 3 aromatic carbocycles. The molecule has 0 N–H and O–H groups in total. The minimum absolute atomic E-state index is 0.108. The van der Waals surface area contributed by atoms with Gasteiger partial charge in [0, 0.05) is 23.5 Å². The molecule has 330 valence electrons. The Balaban J connectivity index is 1.37. The molecule has 0 bridgehead atoms. The predicted octanol–water partition coefficient (Wildman–Crippen LogP) is 17.7. The van der Waals surface area contributed by atoms with E-state index in [0.29, 0.717) is 0 Å². The fraction of sp³-hybridized carbons (Fsp3) is 0.679. The Morgan fingerprint density at radius 3 is 1.10 bits per heavy atom. The number of hydrogen-bond acceptors (Lipinski definition) is 3. The monoisotopic (exact) mass is 809 g/mol. The van der Waals surface area contributed by atoms with E-state index in [2.05, 4.69) is 81.4 Å². The van der Waals surface area contributed by atoms with Gasteiger partial charge in [0.15, 0.2) is 0 Å². The highest BCUT2D eigenvalue weighted by Gasteiger charge is 2.31. The molecular formula is C56H88O3. The van der Waals surface area contributed by atoms with Crippen LogP contribution in [0.5, 0.6) is 17.2 Å². The van der Waals surface area contributed by atoms with Gasteiger partial charge in [-0.25, -0.2) is 0 Å². The van der Waals surface area contributed by atoms with Crippen LogP contribution in [0.25, 0.3) is 0 Å². The topological polar surface area (TPSA) is 27.7 Å². The molecule has 0 radical (unpaired) electrons. The average Bonchev–Trinajstić information content (AvgIpc) is 3.26. The largest absolute Gasteiger partial charge is 0.494 e. The van der Waals surface area contributed by atoms with Gasteiger partial charge >= 0.3 is 0 Å². The molecule has 0 atom stereocenters. The van der Waals surface area contributed by atoms with Gasteiger partial charge in [-0.05, 0) is 60.2 Å². The summed E-state index contributed by atoms with van der Waals surface area (Å²) >= 11 is 0. The fourth-order valence-electron chi connectivity index (χ4n) is 9.17. The van der Waals surface area contributed by atoms with Crippen molar-refractivity contribution in [2.45, 2.75) is 226 Å². The Kier molecular flexibility index (Phi) is 26.3. The minimum Gasteiger partial charge on any atom is -0.494 e. The summed E-state index contributed by atoms with van der Waals surface area (Å²) in [5.74, 6) is 3.18. The van der Waals surface area contributed by atoms with Gasteiger partial charge in [0.1, 0.15) is 17.2 Å². The molecular weight excluding hydrogens is 721 g/mol. The summed E-state index contributed by atoms with van der Waals surface area (Å²) in [7, 11) is 0. The molecule has 4 rings (SSSR count). The SMILES string of the molecule is CCCCCCCCCCCCOc1cccc(C2c3cccc(OCCCCCCCCCCCC)c3Cc3c(OCCCCCCCCCCCC)cccc32)c1. The van der Waals surface area contributed by atoms with E-state index in [9.17, 15) is 0 Å². The van der Waals surface area contributed by atoms with Crippen molar-refractivity contribution in [2.75, 3.05) is 19.8 Å². The van der Waals surface area contributed by atoms with Crippen molar-refractivity contribution in [3.8, 4) is 17.2 Å². The van der Waals surface area contributed by atoms with Gasteiger partial charge in [0.2, 0.25) is 0 Å². The third-order valence-corrected chi connectivity index (χ3v) is 12.8. The van der Waals surface area contributed by atoms with Crippen LogP contribution in [-0.4, -0.2) is 19.8 Å². The first-order valence-corrected chi connectivity index (χ1v) is 25.5. The first-order chi connectivity index (χ1) is 29.3. The predicted molar refractivity (Wildman–Crippen MR) is 255 cm³/mol. The molecule has 0 heterocycles. The number of hydrogen-bond donors (Lipinski definition) is 0. The zero-order valence-electron chi connectivity index (χ0n) is 38.6. The summed E-state index contributed by atoms with van der Waals surface area (Å²) < 4.78 is 19.8. The van der Waals surface area contributed by atoms with Crippen molar-refractivity contribution < 1.29 is 14.2 Å². The van der Waals surface area contributed by atoms with Crippen LogP contribution in [0.3, 0.4) is 0 Å². The lowest BCUT2D eigenvalue weighted by Crippen LogP contribution is -2.18. The molecule has 3 heteroatoms.